The number of nitrogens with one attached hydrogen (secondary N) is 1. The number of methoxy groups -OCH3 is 1. The number of piperidine rings is 1. The molecule has 2 aliphatic rings. The van der Waals surface area contributed by atoms with Crippen molar-refractivity contribution >= 4 is 5.97 Å². The summed E-state index contributed by atoms with van der Waals surface area (Å²) < 4.78 is 5.05. The summed E-state index contributed by atoms with van der Waals surface area (Å²) in [5.41, 5.74) is 0. The summed E-state index contributed by atoms with van der Waals surface area (Å²) >= 11 is 0. The van der Waals surface area contributed by atoms with Crippen LogP contribution in [-0.4, -0.2) is 49.1 Å². The Morgan fingerprint density at radius 3 is 2.91 bits per heavy atom. The summed E-state index contributed by atoms with van der Waals surface area (Å²) in [6.45, 7) is 3.67. The van der Waals surface area contributed by atoms with Gasteiger partial charge in [0.25, 0.3) is 0 Å². The molecule has 1 fully saturated rings. The van der Waals surface area contributed by atoms with E-state index in [1.165, 1.54) is 7.11 Å². The summed E-state index contributed by atoms with van der Waals surface area (Å²) in [5, 5.41) is 12.2. The summed E-state index contributed by atoms with van der Waals surface area (Å²) in [7, 11) is 1.47. The van der Waals surface area contributed by atoms with E-state index in [2.05, 4.69) is 41.4 Å². The largest absolute Gasteiger partial charge is 0.469 e. The molecule has 4 atom stereocenters. The molecule has 2 N–H and O–H groups in total. The van der Waals surface area contributed by atoms with E-state index in [0.717, 1.165) is 25.8 Å². The molecule has 4 unspecified atom stereocenters. The van der Waals surface area contributed by atoms with Crippen molar-refractivity contribution in [2.45, 2.75) is 32.4 Å². The highest BCUT2D eigenvalue weighted by Crippen LogP contribution is 2.35. The van der Waals surface area contributed by atoms with Crippen LogP contribution in [0.5, 0.6) is 0 Å². The van der Waals surface area contributed by atoms with E-state index in [1.807, 2.05) is 0 Å². The molecule has 1 saturated heterocycles. The van der Waals surface area contributed by atoms with Gasteiger partial charge in [0.05, 0.1) is 25.9 Å². The number of allylic oxidation sites excluding steroid dienone is 4. The van der Waals surface area contributed by atoms with Crippen LogP contribution >= 0.6 is 0 Å². The van der Waals surface area contributed by atoms with E-state index in [0.29, 0.717) is 18.4 Å². The van der Waals surface area contributed by atoms with E-state index in [9.17, 15) is 4.79 Å². The average molecular weight is 308 g/mol. The Balaban J connectivity index is 2.08. The van der Waals surface area contributed by atoms with E-state index >= 15 is 0 Å². The molecule has 1 heterocycles. The van der Waals surface area contributed by atoms with Gasteiger partial charge in [0.15, 0.2) is 0 Å². The first kappa shape index (κ1) is 17.2. The highest BCUT2D eigenvalue weighted by molar-refractivity contribution is 5.73. The number of likely N-dealkylation sites (tertiary alicyclic amines) is 1. The number of carbonyl (C=O) groups is 1. The minimum Gasteiger partial charge on any atom is -0.469 e. The van der Waals surface area contributed by atoms with Crippen molar-refractivity contribution in [3.8, 4) is 0 Å². The summed E-state index contributed by atoms with van der Waals surface area (Å²) in [6, 6.07) is 0. The molecule has 22 heavy (non-hydrogen) atoms. The molecule has 0 aromatic heterocycles. The molecule has 0 aromatic rings. The number of aliphatic hydroxyl groups is 1. The number of hydrogen-bond acceptors (Lipinski definition) is 5. The second-order valence-corrected chi connectivity index (χ2v) is 6.08. The number of ether oxygens (including phenoxy) is 1. The molecule has 0 radical (unpaired) electrons. The topological polar surface area (TPSA) is 61.8 Å². The van der Waals surface area contributed by atoms with Crippen molar-refractivity contribution in [1.29, 1.82) is 0 Å². The molecule has 5 heteroatoms. The number of carbonyl (C=O) groups excluding carboxylic acids is 1. The predicted octanol–water partition coefficient (Wildman–Crippen LogP) is 1.51. The number of nitrogens with zero attached hydrogens (tertiary/aromatic N) is 1. The maximum atomic E-state index is 12.3. The van der Waals surface area contributed by atoms with Crippen molar-refractivity contribution < 1.29 is 14.6 Å². The minimum atomic E-state index is -0.114. The van der Waals surface area contributed by atoms with E-state index in [1.54, 1.807) is 0 Å². The lowest BCUT2D eigenvalue weighted by atomic mass is 9.74. The summed E-state index contributed by atoms with van der Waals surface area (Å²) in [6.07, 6.45) is 11.5. The third kappa shape index (κ3) is 3.97. The fourth-order valence-corrected chi connectivity index (χ4v) is 3.75. The molecule has 0 amide bonds. The zero-order valence-corrected chi connectivity index (χ0v) is 13.6. The lowest BCUT2D eigenvalue weighted by molar-refractivity contribution is -0.151. The average Bonchev–Trinajstić information content (AvgIpc) is 2.59. The fraction of sp³-hybridized carbons (Fsp3) is 0.706. The molecule has 1 aliphatic heterocycles. The normalized spacial score (nSPS) is 30.2. The van der Waals surface area contributed by atoms with Gasteiger partial charge in [-0.1, -0.05) is 31.2 Å². The van der Waals surface area contributed by atoms with Crippen LogP contribution in [0.15, 0.2) is 24.3 Å². The Labute approximate surface area is 133 Å². The van der Waals surface area contributed by atoms with Gasteiger partial charge in [0.2, 0.25) is 0 Å². The maximum Gasteiger partial charge on any atom is 0.310 e. The predicted molar refractivity (Wildman–Crippen MR) is 85.9 cm³/mol. The number of hydrogen-bond donors (Lipinski definition) is 2. The molecule has 0 spiro atoms. The third-order valence-corrected chi connectivity index (χ3v) is 4.92. The van der Waals surface area contributed by atoms with Gasteiger partial charge in [0, 0.05) is 6.54 Å². The molecular formula is C17H28N2O3. The molecular weight excluding hydrogens is 280 g/mol. The first-order valence-corrected chi connectivity index (χ1v) is 8.20. The quantitative estimate of drug-likeness (QED) is 0.575. The van der Waals surface area contributed by atoms with Crippen molar-refractivity contribution in [2.75, 3.05) is 26.9 Å². The van der Waals surface area contributed by atoms with Gasteiger partial charge in [-0.15, -0.1) is 0 Å². The molecule has 124 valence electrons. The van der Waals surface area contributed by atoms with Crippen LogP contribution in [0, 0.1) is 17.8 Å². The van der Waals surface area contributed by atoms with Gasteiger partial charge in [-0.3, -0.25) is 15.0 Å². The van der Waals surface area contributed by atoms with Crippen LogP contribution < -0.4 is 5.32 Å². The van der Waals surface area contributed by atoms with Gasteiger partial charge in [-0.2, -0.15) is 0 Å². The van der Waals surface area contributed by atoms with Crippen LogP contribution in [0.25, 0.3) is 0 Å². The fourth-order valence-electron chi connectivity index (χ4n) is 3.75. The van der Waals surface area contributed by atoms with E-state index < -0.39 is 0 Å². The van der Waals surface area contributed by atoms with Gasteiger partial charge in [0.1, 0.15) is 0 Å². The number of esters is 1. The monoisotopic (exact) mass is 308 g/mol. The molecule has 5 nitrogen and oxygen atoms in total. The Hall–Kier alpha value is -1.17. The third-order valence-electron chi connectivity index (χ3n) is 4.92. The van der Waals surface area contributed by atoms with Crippen LogP contribution in [0.2, 0.25) is 0 Å². The first-order valence-electron chi connectivity index (χ1n) is 8.20. The van der Waals surface area contributed by atoms with Crippen molar-refractivity contribution in [2.24, 2.45) is 17.8 Å². The van der Waals surface area contributed by atoms with Crippen LogP contribution in [0.3, 0.4) is 0 Å². The van der Waals surface area contributed by atoms with Crippen LogP contribution in [0.1, 0.15) is 26.2 Å². The Kier molecular flexibility index (Phi) is 6.61. The van der Waals surface area contributed by atoms with Crippen molar-refractivity contribution in [3.63, 3.8) is 0 Å². The molecule has 0 saturated carbocycles. The highest BCUT2D eigenvalue weighted by Gasteiger charge is 2.39. The Bertz CT molecular complexity index is 422. The van der Waals surface area contributed by atoms with Crippen LogP contribution in [-0.2, 0) is 9.53 Å². The first-order chi connectivity index (χ1) is 10.7. The SMILES string of the molecule is CCC(NCO)N1CCC(C2C=CC=CC2)C(C(=O)OC)C1. The molecule has 0 bridgehead atoms. The second-order valence-electron chi connectivity index (χ2n) is 6.08. The van der Waals surface area contributed by atoms with Gasteiger partial charge < -0.3 is 9.84 Å². The standard InChI is InChI=1S/C17H28N2O3/c1-3-16(18-12-20)19-10-9-14(13-7-5-4-6-8-13)15(11-19)17(21)22-2/h4-7,13-16,18,20H,3,8-12H2,1-2H3. The Morgan fingerprint density at radius 1 is 1.50 bits per heavy atom. The van der Waals surface area contributed by atoms with Crippen molar-refractivity contribution in [1.82, 2.24) is 10.2 Å². The Morgan fingerprint density at radius 2 is 2.32 bits per heavy atom. The zero-order chi connectivity index (χ0) is 15.9. The van der Waals surface area contributed by atoms with Crippen molar-refractivity contribution in [3.05, 3.63) is 24.3 Å². The zero-order valence-electron chi connectivity index (χ0n) is 13.6. The molecule has 1 aliphatic carbocycles. The van der Waals surface area contributed by atoms with Gasteiger partial charge in [-0.05, 0) is 37.6 Å². The number of aliphatic hydroxyl groups excluding tert-OH is 1. The lowest BCUT2D eigenvalue weighted by Crippen LogP contribution is -2.54. The van der Waals surface area contributed by atoms with E-state index in [4.69, 9.17) is 9.84 Å². The number of rotatable bonds is 6. The van der Waals surface area contributed by atoms with Gasteiger partial charge in [-0.25, -0.2) is 0 Å². The second kappa shape index (κ2) is 8.46. The summed E-state index contributed by atoms with van der Waals surface area (Å²) in [5.74, 6) is 0.532. The van der Waals surface area contributed by atoms with Gasteiger partial charge >= 0.3 is 5.97 Å². The maximum absolute atomic E-state index is 12.3. The highest BCUT2D eigenvalue weighted by atomic mass is 16.5. The molecule has 0 aromatic carbocycles. The smallest absolute Gasteiger partial charge is 0.310 e. The summed E-state index contributed by atoms with van der Waals surface area (Å²) in [4.78, 5) is 14.5. The van der Waals surface area contributed by atoms with Crippen LogP contribution in [0.4, 0.5) is 0 Å². The molecule has 2 rings (SSSR count). The minimum absolute atomic E-state index is 0.0442. The lowest BCUT2D eigenvalue weighted by Gasteiger charge is -2.43. The van der Waals surface area contributed by atoms with E-state index in [-0.39, 0.29) is 24.8 Å².